The summed E-state index contributed by atoms with van der Waals surface area (Å²) in [7, 11) is 0. The van der Waals surface area contributed by atoms with Crippen LogP contribution in [0.2, 0.25) is 0 Å². The minimum Gasteiger partial charge on any atom is -0.461 e. The fourth-order valence-electron chi connectivity index (χ4n) is 2.54. The number of hydrogen-bond donors (Lipinski definition) is 0. The molecule has 1 heterocycles. The molecular formula is C20H19NO3S. The third-order valence-electron chi connectivity index (χ3n) is 3.98. The second-order valence-corrected chi connectivity index (χ2v) is 6.59. The lowest BCUT2D eigenvalue weighted by Crippen LogP contribution is -2.17. The zero-order chi connectivity index (χ0) is 17.6. The van der Waals surface area contributed by atoms with Gasteiger partial charge in [0.25, 0.3) is 0 Å². The van der Waals surface area contributed by atoms with E-state index in [1.807, 2.05) is 49.4 Å². The number of carbonyl (C=O) groups excluding carboxylic acids is 1. The maximum absolute atomic E-state index is 11.9. The highest BCUT2D eigenvalue weighted by molar-refractivity contribution is 7.07. The van der Waals surface area contributed by atoms with Gasteiger partial charge in [0.15, 0.2) is 0 Å². The van der Waals surface area contributed by atoms with Crippen molar-refractivity contribution in [3.05, 3.63) is 80.9 Å². The van der Waals surface area contributed by atoms with Gasteiger partial charge in [0.05, 0.1) is 6.42 Å². The molecule has 0 aliphatic carbocycles. The summed E-state index contributed by atoms with van der Waals surface area (Å²) >= 11 is 1.15. The predicted octanol–water partition coefficient (Wildman–Crippen LogP) is 4.02. The summed E-state index contributed by atoms with van der Waals surface area (Å²) < 4.78 is 6.90. The first kappa shape index (κ1) is 17.2. The van der Waals surface area contributed by atoms with Crippen molar-refractivity contribution in [1.29, 1.82) is 0 Å². The van der Waals surface area contributed by atoms with Crippen LogP contribution in [0.3, 0.4) is 0 Å². The van der Waals surface area contributed by atoms with Crippen LogP contribution < -0.4 is 4.87 Å². The van der Waals surface area contributed by atoms with Crippen LogP contribution in [-0.2, 0) is 22.7 Å². The number of aryl methyl sites for hydroxylation is 1. The Balaban J connectivity index is 1.51. The molecule has 5 heteroatoms. The summed E-state index contributed by atoms with van der Waals surface area (Å²) in [6.07, 6.45) is 0.194. The molecule has 0 saturated carbocycles. The number of carbonyl (C=O) groups is 1. The number of ether oxygens (including phenoxy) is 1. The van der Waals surface area contributed by atoms with Gasteiger partial charge in [-0.3, -0.25) is 9.59 Å². The van der Waals surface area contributed by atoms with Crippen LogP contribution >= 0.6 is 11.3 Å². The first-order valence-electron chi connectivity index (χ1n) is 8.08. The number of thiazole rings is 1. The van der Waals surface area contributed by atoms with Gasteiger partial charge in [-0.15, -0.1) is 0 Å². The molecule has 3 rings (SSSR count). The molecule has 25 heavy (non-hydrogen) atoms. The first-order valence-corrected chi connectivity index (χ1v) is 8.96. The van der Waals surface area contributed by atoms with Crippen molar-refractivity contribution in [2.75, 3.05) is 0 Å². The van der Waals surface area contributed by atoms with Crippen LogP contribution in [0.25, 0.3) is 11.1 Å². The highest BCUT2D eigenvalue weighted by atomic mass is 32.1. The molecule has 4 nitrogen and oxygen atoms in total. The summed E-state index contributed by atoms with van der Waals surface area (Å²) in [5.41, 5.74) is 4.10. The third kappa shape index (κ3) is 4.45. The monoisotopic (exact) mass is 353 g/mol. The summed E-state index contributed by atoms with van der Waals surface area (Å²) in [4.78, 5) is 23.5. The molecule has 0 bridgehead atoms. The second kappa shape index (κ2) is 7.94. The molecule has 0 amide bonds. The predicted molar refractivity (Wildman–Crippen MR) is 99.6 cm³/mol. The number of hydrogen-bond acceptors (Lipinski definition) is 4. The SMILES string of the molecule is Cc1csc(=O)n1CCC(=O)OCc1ccc(-c2ccccc2)cc1. The maximum Gasteiger partial charge on any atom is 0.307 e. The summed E-state index contributed by atoms with van der Waals surface area (Å²) in [5.74, 6) is -0.301. The molecule has 0 unspecified atom stereocenters. The van der Waals surface area contributed by atoms with E-state index in [2.05, 4.69) is 12.1 Å². The molecule has 0 aliphatic heterocycles. The Morgan fingerprint density at radius 2 is 1.72 bits per heavy atom. The standard InChI is InChI=1S/C20H19NO3S/c1-15-14-25-20(23)21(15)12-11-19(22)24-13-16-7-9-18(10-8-16)17-5-3-2-4-6-17/h2-10,14H,11-13H2,1H3. The Morgan fingerprint density at radius 1 is 1.04 bits per heavy atom. The van der Waals surface area contributed by atoms with Crippen molar-refractivity contribution in [2.24, 2.45) is 0 Å². The molecule has 128 valence electrons. The molecule has 0 fully saturated rings. The van der Waals surface area contributed by atoms with Gasteiger partial charge in [-0.1, -0.05) is 65.9 Å². The Kier molecular flexibility index (Phi) is 5.46. The highest BCUT2D eigenvalue weighted by Gasteiger charge is 2.08. The molecule has 0 atom stereocenters. The Morgan fingerprint density at radius 3 is 2.36 bits per heavy atom. The van der Waals surface area contributed by atoms with Gasteiger partial charge in [0.2, 0.25) is 0 Å². The topological polar surface area (TPSA) is 48.3 Å². The van der Waals surface area contributed by atoms with Gasteiger partial charge in [-0.25, -0.2) is 0 Å². The van der Waals surface area contributed by atoms with E-state index in [1.54, 1.807) is 9.95 Å². The second-order valence-electron chi connectivity index (χ2n) is 5.77. The molecule has 0 N–H and O–H groups in total. The molecular weight excluding hydrogens is 334 g/mol. The lowest BCUT2D eigenvalue weighted by atomic mass is 10.0. The smallest absolute Gasteiger partial charge is 0.307 e. The van der Waals surface area contributed by atoms with E-state index in [-0.39, 0.29) is 23.9 Å². The highest BCUT2D eigenvalue weighted by Crippen LogP contribution is 2.19. The fraction of sp³-hybridized carbons (Fsp3) is 0.200. The summed E-state index contributed by atoms with van der Waals surface area (Å²) in [6.45, 7) is 2.46. The lowest BCUT2D eigenvalue weighted by molar-refractivity contribution is -0.145. The summed E-state index contributed by atoms with van der Waals surface area (Å²) in [5, 5.41) is 1.79. The molecule has 3 aromatic rings. The third-order valence-corrected chi connectivity index (χ3v) is 4.86. The van der Waals surface area contributed by atoms with Crippen LogP contribution in [0.1, 0.15) is 17.7 Å². The zero-order valence-corrected chi connectivity index (χ0v) is 14.8. The quantitative estimate of drug-likeness (QED) is 0.629. The van der Waals surface area contributed by atoms with Crippen LogP contribution in [0.5, 0.6) is 0 Å². The first-order chi connectivity index (χ1) is 12.1. The Hall–Kier alpha value is -2.66. The maximum atomic E-state index is 11.9. The number of esters is 1. The number of nitrogens with zero attached hydrogens (tertiary/aromatic N) is 1. The molecule has 0 aliphatic rings. The van der Waals surface area contributed by atoms with Crippen molar-refractivity contribution in [2.45, 2.75) is 26.5 Å². The van der Waals surface area contributed by atoms with Gasteiger partial charge in [-0.2, -0.15) is 0 Å². The molecule has 2 aromatic carbocycles. The lowest BCUT2D eigenvalue weighted by Gasteiger charge is -2.07. The minimum absolute atomic E-state index is 0.0400. The molecule has 0 spiro atoms. The molecule has 0 saturated heterocycles. The largest absolute Gasteiger partial charge is 0.461 e. The van der Waals surface area contributed by atoms with Gasteiger partial charge in [0.1, 0.15) is 6.61 Å². The average Bonchev–Trinajstić information content (AvgIpc) is 2.97. The fourth-order valence-corrected chi connectivity index (χ4v) is 3.30. The number of rotatable bonds is 6. The molecule has 0 radical (unpaired) electrons. The van der Waals surface area contributed by atoms with E-state index in [4.69, 9.17) is 4.74 Å². The van der Waals surface area contributed by atoms with Crippen molar-refractivity contribution in [3.8, 4) is 11.1 Å². The van der Waals surface area contributed by atoms with Gasteiger partial charge in [0, 0.05) is 17.6 Å². The van der Waals surface area contributed by atoms with Crippen molar-refractivity contribution in [3.63, 3.8) is 0 Å². The van der Waals surface area contributed by atoms with Gasteiger partial charge < -0.3 is 9.30 Å². The van der Waals surface area contributed by atoms with Crippen molar-refractivity contribution < 1.29 is 9.53 Å². The van der Waals surface area contributed by atoms with Crippen LogP contribution in [0.15, 0.2) is 64.8 Å². The zero-order valence-electron chi connectivity index (χ0n) is 14.0. The van der Waals surface area contributed by atoms with Gasteiger partial charge >= 0.3 is 10.8 Å². The van der Waals surface area contributed by atoms with Gasteiger partial charge in [-0.05, 0) is 23.6 Å². The van der Waals surface area contributed by atoms with E-state index in [9.17, 15) is 9.59 Å². The van der Waals surface area contributed by atoms with Crippen molar-refractivity contribution in [1.82, 2.24) is 4.57 Å². The van der Waals surface area contributed by atoms with E-state index in [0.717, 1.165) is 33.7 Å². The number of benzene rings is 2. The normalized spacial score (nSPS) is 10.6. The van der Waals surface area contributed by atoms with Crippen LogP contribution in [0.4, 0.5) is 0 Å². The van der Waals surface area contributed by atoms with E-state index < -0.39 is 0 Å². The number of aromatic nitrogens is 1. The Labute approximate surface area is 150 Å². The van der Waals surface area contributed by atoms with Crippen LogP contribution in [0, 0.1) is 6.92 Å². The minimum atomic E-state index is -0.301. The molecule has 1 aromatic heterocycles. The van der Waals surface area contributed by atoms with Crippen molar-refractivity contribution >= 4 is 17.3 Å². The summed E-state index contributed by atoms with van der Waals surface area (Å²) in [6, 6.07) is 18.1. The Bertz CT molecular complexity index is 895. The average molecular weight is 353 g/mol. The van der Waals surface area contributed by atoms with E-state index in [1.165, 1.54) is 0 Å². The van der Waals surface area contributed by atoms with Crippen LogP contribution in [-0.4, -0.2) is 10.5 Å². The van der Waals surface area contributed by atoms with E-state index >= 15 is 0 Å². The van der Waals surface area contributed by atoms with E-state index in [0.29, 0.717) is 6.54 Å².